The second-order valence-electron chi connectivity index (χ2n) is 6.74. The first kappa shape index (κ1) is 25.2. The average Bonchev–Trinajstić information content (AvgIpc) is 2.77. The molecule has 0 saturated carbocycles. The highest BCUT2D eigenvalue weighted by atomic mass is 35.5. The Balaban J connectivity index is 1.97. The van der Waals surface area contributed by atoms with Gasteiger partial charge >= 0.3 is 12.1 Å². The van der Waals surface area contributed by atoms with Crippen LogP contribution < -0.4 is 9.04 Å². The SMILES string of the molecule is O=C(O)c1ccc(S(=O)(=O)N(CCOc2ccc(F)cc2)c2ncc(C(F)(F)F)cc2Cl)cc1. The van der Waals surface area contributed by atoms with Crippen LogP contribution >= 0.6 is 11.6 Å². The minimum atomic E-state index is -4.75. The number of sulfonamides is 1. The van der Waals surface area contributed by atoms with E-state index < -0.39 is 50.9 Å². The van der Waals surface area contributed by atoms with E-state index in [0.29, 0.717) is 16.6 Å². The second-order valence-corrected chi connectivity index (χ2v) is 9.01. The van der Waals surface area contributed by atoms with E-state index in [-0.39, 0.29) is 22.8 Å². The molecule has 1 heterocycles. The Morgan fingerprint density at radius 1 is 1.09 bits per heavy atom. The van der Waals surface area contributed by atoms with Gasteiger partial charge in [0.1, 0.15) is 18.2 Å². The van der Waals surface area contributed by atoms with Gasteiger partial charge in [0.25, 0.3) is 10.0 Å². The maximum Gasteiger partial charge on any atom is 0.417 e. The quantitative estimate of drug-likeness (QED) is 0.428. The molecule has 0 aliphatic carbocycles. The number of rotatable bonds is 8. The molecule has 0 unspecified atom stereocenters. The summed E-state index contributed by atoms with van der Waals surface area (Å²) in [6.45, 7) is -0.727. The number of hydrogen-bond acceptors (Lipinski definition) is 5. The largest absolute Gasteiger partial charge is 0.492 e. The van der Waals surface area contributed by atoms with Gasteiger partial charge in [0.05, 0.1) is 27.6 Å². The van der Waals surface area contributed by atoms with Crippen molar-refractivity contribution in [3.8, 4) is 5.75 Å². The van der Waals surface area contributed by atoms with Gasteiger partial charge in [0, 0.05) is 6.20 Å². The number of anilines is 1. The molecule has 3 rings (SSSR count). The third-order valence-electron chi connectivity index (χ3n) is 4.45. The van der Waals surface area contributed by atoms with Crippen molar-refractivity contribution < 1.29 is 40.6 Å². The highest BCUT2D eigenvalue weighted by molar-refractivity contribution is 7.92. The molecule has 0 spiro atoms. The summed E-state index contributed by atoms with van der Waals surface area (Å²) in [6.07, 6.45) is -4.31. The molecule has 3 aromatic rings. The molecule has 2 aromatic carbocycles. The van der Waals surface area contributed by atoms with E-state index in [1.165, 1.54) is 12.1 Å². The van der Waals surface area contributed by atoms with Crippen LogP contribution in [0.2, 0.25) is 5.02 Å². The van der Waals surface area contributed by atoms with Crippen molar-refractivity contribution in [3.05, 3.63) is 82.8 Å². The van der Waals surface area contributed by atoms with Gasteiger partial charge in [0.2, 0.25) is 0 Å². The predicted octanol–water partition coefficient (Wildman–Crippen LogP) is 4.87. The number of pyridine rings is 1. The van der Waals surface area contributed by atoms with Gasteiger partial charge in [-0.1, -0.05) is 11.6 Å². The number of benzene rings is 2. The van der Waals surface area contributed by atoms with Gasteiger partial charge in [-0.25, -0.2) is 26.9 Å². The Bertz CT molecular complexity index is 1280. The van der Waals surface area contributed by atoms with E-state index in [4.69, 9.17) is 21.4 Å². The minimum Gasteiger partial charge on any atom is -0.492 e. The van der Waals surface area contributed by atoms with Crippen molar-refractivity contribution in [1.82, 2.24) is 4.98 Å². The van der Waals surface area contributed by atoms with Crippen molar-refractivity contribution in [2.75, 3.05) is 17.5 Å². The lowest BCUT2D eigenvalue weighted by Gasteiger charge is -2.25. The predicted molar refractivity (Wildman–Crippen MR) is 114 cm³/mol. The summed E-state index contributed by atoms with van der Waals surface area (Å²) in [5.41, 5.74) is -1.34. The lowest BCUT2D eigenvalue weighted by molar-refractivity contribution is -0.137. The number of carboxylic acids is 1. The third-order valence-corrected chi connectivity index (χ3v) is 6.53. The highest BCUT2D eigenvalue weighted by Crippen LogP contribution is 2.35. The Morgan fingerprint density at radius 2 is 1.71 bits per heavy atom. The molecule has 1 aromatic heterocycles. The van der Waals surface area contributed by atoms with E-state index in [1.807, 2.05) is 0 Å². The summed E-state index contributed by atoms with van der Waals surface area (Å²) < 4.78 is 84.7. The summed E-state index contributed by atoms with van der Waals surface area (Å²) in [4.78, 5) is 14.3. The zero-order chi connectivity index (χ0) is 25.1. The van der Waals surface area contributed by atoms with E-state index in [9.17, 15) is 30.8 Å². The number of halogens is 5. The van der Waals surface area contributed by atoms with Crippen molar-refractivity contribution in [2.45, 2.75) is 11.1 Å². The second kappa shape index (κ2) is 9.85. The molecule has 1 N–H and O–H groups in total. The van der Waals surface area contributed by atoms with Gasteiger partial charge in [-0.05, 0) is 54.6 Å². The fourth-order valence-electron chi connectivity index (χ4n) is 2.78. The molecule has 7 nitrogen and oxygen atoms in total. The van der Waals surface area contributed by atoms with Crippen molar-refractivity contribution >= 4 is 33.4 Å². The number of nitrogens with zero attached hydrogens (tertiary/aromatic N) is 2. The Labute approximate surface area is 196 Å². The molecule has 0 radical (unpaired) electrons. The zero-order valence-electron chi connectivity index (χ0n) is 17.0. The molecular weight excluding hydrogens is 504 g/mol. The molecular formula is C21H15ClF4N2O5S. The number of aromatic nitrogens is 1. The average molecular weight is 519 g/mol. The summed E-state index contributed by atoms with van der Waals surface area (Å²) in [5.74, 6) is -2.06. The first-order valence-electron chi connectivity index (χ1n) is 9.37. The van der Waals surface area contributed by atoms with Crippen LogP contribution in [-0.2, 0) is 16.2 Å². The topological polar surface area (TPSA) is 96.8 Å². The number of carbonyl (C=O) groups is 1. The molecule has 0 bridgehead atoms. The first-order valence-corrected chi connectivity index (χ1v) is 11.2. The van der Waals surface area contributed by atoms with Gasteiger partial charge in [-0.2, -0.15) is 13.2 Å². The lowest BCUT2D eigenvalue weighted by atomic mass is 10.2. The van der Waals surface area contributed by atoms with Crippen LogP contribution in [0.5, 0.6) is 5.75 Å². The monoisotopic (exact) mass is 518 g/mol. The fourth-order valence-corrected chi connectivity index (χ4v) is 4.52. The fraction of sp³-hybridized carbons (Fsp3) is 0.143. The number of hydrogen-bond donors (Lipinski definition) is 1. The van der Waals surface area contributed by atoms with Gasteiger partial charge in [0.15, 0.2) is 5.82 Å². The van der Waals surface area contributed by atoms with E-state index >= 15 is 0 Å². The molecule has 0 aliphatic heterocycles. The molecule has 180 valence electrons. The van der Waals surface area contributed by atoms with Crippen LogP contribution in [0.15, 0.2) is 65.7 Å². The summed E-state index contributed by atoms with van der Waals surface area (Å²) in [6, 6.07) is 9.60. The molecule has 0 saturated heterocycles. The first-order chi connectivity index (χ1) is 15.9. The molecule has 0 atom stereocenters. The van der Waals surface area contributed by atoms with Crippen LogP contribution in [0.1, 0.15) is 15.9 Å². The van der Waals surface area contributed by atoms with Gasteiger partial charge in [-0.3, -0.25) is 0 Å². The lowest BCUT2D eigenvalue weighted by Crippen LogP contribution is -2.35. The van der Waals surface area contributed by atoms with Crippen molar-refractivity contribution in [3.63, 3.8) is 0 Å². The summed E-state index contributed by atoms with van der Waals surface area (Å²) >= 11 is 5.98. The summed E-state index contributed by atoms with van der Waals surface area (Å²) in [5, 5.41) is 8.43. The van der Waals surface area contributed by atoms with Crippen LogP contribution in [-0.4, -0.2) is 37.6 Å². The number of carboxylic acid groups (broad SMARTS) is 1. The number of alkyl halides is 3. The van der Waals surface area contributed by atoms with E-state index in [2.05, 4.69) is 4.98 Å². The maximum absolute atomic E-state index is 13.3. The van der Waals surface area contributed by atoms with Crippen LogP contribution in [0, 0.1) is 5.82 Å². The van der Waals surface area contributed by atoms with Crippen molar-refractivity contribution in [1.29, 1.82) is 0 Å². The number of ether oxygens (including phenoxy) is 1. The molecule has 0 aliphatic rings. The van der Waals surface area contributed by atoms with Crippen LogP contribution in [0.4, 0.5) is 23.4 Å². The van der Waals surface area contributed by atoms with Gasteiger partial charge < -0.3 is 9.84 Å². The summed E-state index contributed by atoms with van der Waals surface area (Å²) in [7, 11) is -4.46. The molecule has 13 heteroatoms. The third kappa shape index (κ3) is 5.75. The Kier molecular flexibility index (Phi) is 7.32. The Hall–Kier alpha value is -3.38. The Morgan fingerprint density at radius 3 is 2.24 bits per heavy atom. The standard InChI is InChI=1S/C21H15ClF4N2O5S/c22-18-11-14(21(24,25)26)12-27-19(18)28(9-10-33-16-5-3-15(23)4-6-16)34(31,32)17-7-1-13(2-8-17)20(29)30/h1-8,11-12H,9-10H2,(H,29,30). The molecule has 0 fully saturated rings. The molecule has 34 heavy (non-hydrogen) atoms. The van der Waals surface area contributed by atoms with E-state index in [1.54, 1.807) is 0 Å². The van der Waals surface area contributed by atoms with Crippen LogP contribution in [0.25, 0.3) is 0 Å². The molecule has 0 amide bonds. The normalized spacial score (nSPS) is 11.8. The van der Waals surface area contributed by atoms with Crippen molar-refractivity contribution in [2.24, 2.45) is 0 Å². The highest BCUT2D eigenvalue weighted by Gasteiger charge is 2.34. The minimum absolute atomic E-state index is 0.171. The zero-order valence-corrected chi connectivity index (χ0v) is 18.5. The van der Waals surface area contributed by atoms with Gasteiger partial charge in [-0.15, -0.1) is 0 Å². The van der Waals surface area contributed by atoms with Crippen LogP contribution in [0.3, 0.4) is 0 Å². The number of aromatic carboxylic acids is 1. The smallest absolute Gasteiger partial charge is 0.417 e. The maximum atomic E-state index is 13.3. The van der Waals surface area contributed by atoms with E-state index in [0.717, 1.165) is 36.4 Å².